The summed E-state index contributed by atoms with van der Waals surface area (Å²) in [7, 11) is 4.99. The number of fused-ring (bicyclic) bond motifs is 3. The third kappa shape index (κ3) is 3.23. The first-order chi connectivity index (χ1) is 15.9. The molecular weight excluding hydrogens is 498 g/mol. The van der Waals surface area contributed by atoms with Crippen molar-refractivity contribution in [2.45, 2.75) is 25.5 Å². The van der Waals surface area contributed by atoms with Crippen LogP contribution >= 0.6 is 15.9 Å². The van der Waals surface area contributed by atoms with Gasteiger partial charge in [-0.15, -0.1) is 0 Å². The monoisotopic (exact) mass is 519 g/mol. The third-order valence-corrected chi connectivity index (χ3v) is 7.03. The number of nitrogens with zero attached hydrogens (tertiary/aromatic N) is 1. The van der Waals surface area contributed by atoms with Crippen LogP contribution in [-0.2, 0) is 16.0 Å². The van der Waals surface area contributed by atoms with Gasteiger partial charge in [-0.3, -0.25) is 9.69 Å². The fraction of sp³-hybridized carbons (Fsp3) is 0.391. The first kappa shape index (κ1) is 21.8. The van der Waals surface area contributed by atoms with Gasteiger partial charge in [0, 0.05) is 24.6 Å². The van der Waals surface area contributed by atoms with Gasteiger partial charge in [0.1, 0.15) is 11.7 Å². The second kappa shape index (κ2) is 8.11. The predicted octanol–water partition coefficient (Wildman–Crippen LogP) is 3.56. The van der Waals surface area contributed by atoms with Gasteiger partial charge in [0.05, 0.1) is 24.7 Å². The molecule has 0 spiro atoms. The molecule has 3 heterocycles. The summed E-state index contributed by atoms with van der Waals surface area (Å²) in [6.07, 6.45) is 0.0722. The topological polar surface area (TPSA) is 92.8 Å². The largest absolute Gasteiger partial charge is 0.493 e. The summed E-state index contributed by atoms with van der Waals surface area (Å²) in [5, 5.41) is 0. The van der Waals surface area contributed by atoms with Gasteiger partial charge in [0.15, 0.2) is 23.0 Å². The molecule has 2 atom stereocenters. The molecule has 0 unspecified atom stereocenters. The number of likely N-dealkylation sites (N-methyl/N-ethyl adjacent to an activating group) is 1. The maximum atomic E-state index is 13.0. The van der Waals surface area contributed by atoms with Crippen molar-refractivity contribution >= 4 is 27.9 Å². The fourth-order valence-corrected chi connectivity index (χ4v) is 5.53. The van der Waals surface area contributed by atoms with E-state index in [1.807, 2.05) is 7.05 Å². The lowest BCUT2D eigenvalue weighted by molar-refractivity contribution is -0.132. The number of ether oxygens (including phenoxy) is 6. The Morgan fingerprint density at radius 2 is 1.91 bits per heavy atom. The quantitative estimate of drug-likeness (QED) is 0.443. The molecule has 2 aromatic rings. The van der Waals surface area contributed by atoms with E-state index in [0.717, 1.165) is 28.6 Å². The van der Waals surface area contributed by atoms with Gasteiger partial charge >= 0.3 is 11.9 Å². The van der Waals surface area contributed by atoms with Crippen molar-refractivity contribution in [2.75, 3.05) is 34.6 Å². The van der Waals surface area contributed by atoms with Crippen LogP contribution in [0.15, 0.2) is 16.6 Å². The molecule has 5 rings (SSSR count). The van der Waals surface area contributed by atoms with Gasteiger partial charge in [-0.25, -0.2) is 4.79 Å². The summed E-state index contributed by atoms with van der Waals surface area (Å²) in [5.74, 6) is 0.884. The highest BCUT2D eigenvalue weighted by Crippen LogP contribution is 2.58. The summed E-state index contributed by atoms with van der Waals surface area (Å²) in [6.45, 7) is 2.09. The highest BCUT2D eigenvalue weighted by atomic mass is 79.9. The summed E-state index contributed by atoms with van der Waals surface area (Å²) in [4.78, 5) is 26.9. The molecule has 0 fully saturated rings. The van der Waals surface area contributed by atoms with E-state index in [0.29, 0.717) is 22.8 Å². The Bertz CT molecular complexity index is 1180. The Balaban J connectivity index is 1.70. The minimum Gasteiger partial charge on any atom is -0.493 e. The Morgan fingerprint density at radius 1 is 1.15 bits per heavy atom. The van der Waals surface area contributed by atoms with Crippen LogP contribution in [-0.4, -0.2) is 51.4 Å². The van der Waals surface area contributed by atoms with Gasteiger partial charge in [-0.1, -0.05) is 6.07 Å². The molecule has 0 bridgehead atoms. The highest BCUT2D eigenvalue weighted by Gasteiger charge is 2.47. The van der Waals surface area contributed by atoms with E-state index in [9.17, 15) is 9.59 Å². The van der Waals surface area contributed by atoms with Crippen molar-refractivity contribution in [3.63, 3.8) is 0 Å². The minimum atomic E-state index is -0.669. The van der Waals surface area contributed by atoms with Gasteiger partial charge in [-0.2, -0.15) is 0 Å². The van der Waals surface area contributed by atoms with E-state index in [2.05, 4.69) is 20.8 Å². The first-order valence-electron chi connectivity index (χ1n) is 10.4. The zero-order valence-electron chi connectivity index (χ0n) is 18.5. The lowest BCUT2D eigenvalue weighted by Crippen LogP contribution is -2.36. The number of carbonyl (C=O) groups excluding carboxylic acids is 2. The number of hydrogen-bond donors (Lipinski definition) is 0. The molecule has 0 aliphatic carbocycles. The summed E-state index contributed by atoms with van der Waals surface area (Å²) in [5.41, 5.74) is 2.67. The number of esters is 2. The van der Waals surface area contributed by atoms with Gasteiger partial charge in [0.2, 0.25) is 12.5 Å². The number of cyclic esters (lactones) is 1. The smallest absolute Gasteiger partial charge is 0.343 e. The third-order valence-electron chi connectivity index (χ3n) is 6.19. The zero-order valence-corrected chi connectivity index (χ0v) is 20.1. The van der Waals surface area contributed by atoms with Crippen molar-refractivity contribution in [3.05, 3.63) is 38.9 Å². The van der Waals surface area contributed by atoms with Gasteiger partial charge in [-0.05, 0) is 41.0 Å². The molecule has 3 aliphatic heterocycles. The minimum absolute atomic E-state index is 0.0625. The van der Waals surface area contributed by atoms with Crippen LogP contribution in [0, 0.1) is 0 Å². The molecule has 3 aliphatic rings. The standard InChI is InChI=1S/C23H22BrNO8/c1-10(26)32-19-13(28-3)6-5-12-15(19)23(27)33-18(12)17-14-11(7-8-25(17)2)16(24)21-22(20(14)29-4)31-9-30-21/h5-6,17-18H,7-9H2,1-4H3/t17-,18+/m1/s1. The molecule has 2 aromatic carbocycles. The van der Waals surface area contributed by atoms with E-state index in [1.54, 1.807) is 19.2 Å². The number of methoxy groups -OCH3 is 2. The maximum Gasteiger partial charge on any atom is 0.343 e. The lowest BCUT2D eigenvalue weighted by atomic mass is 9.85. The lowest BCUT2D eigenvalue weighted by Gasteiger charge is -2.39. The van der Waals surface area contributed by atoms with Crippen LogP contribution < -0.4 is 23.7 Å². The van der Waals surface area contributed by atoms with E-state index in [1.165, 1.54) is 14.0 Å². The molecule has 0 saturated heterocycles. The molecule has 0 saturated carbocycles. The molecule has 0 radical (unpaired) electrons. The van der Waals surface area contributed by atoms with Crippen LogP contribution in [0.3, 0.4) is 0 Å². The molecule has 0 amide bonds. The zero-order chi connectivity index (χ0) is 23.4. The highest BCUT2D eigenvalue weighted by molar-refractivity contribution is 9.10. The normalized spacial score (nSPS) is 20.7. The van der Waals surface area contributed by atoms with Gasteiger partial charge in [0.25, 0.3) is 0 Å². The van der Waals surface area contributed by atoms with Crippen molar-refractivity contribution < 1.29 is 38.0 Å². The molecule has 0 aromatic heterocycles. The van der Waals surface area contributed by atoms with Crippen molar-refractivity contribution in [3.8, 4) is 28.7 Å². The number of hydrogen-bond acceptors (Lipinski definition) is 9. The van der Waals surface area contributed by atoms with E-state index >= 15 is 0 Å². The van der Waals surface area contributed by atoms with Gasteiger partial charge < -0.3 is 28.4 Å². The van der Waals surface area contributed by atoms with E-state index in [4.69, 9.17) is 28.4 Å². The van der Waals surface area contributed by atoms with Crippen LogP contribution in [0.4, 0.5) is 0 Å². The summed E-state index contributed by atoms with van der Waals surface area (Å²) >= 11 is 3.68. The van der Waals surface area contributed by atoms with Crippen LogP contribution in [0.1, 0.15) is 46.1 Å². The van der Waals surface area contributed by atoms with E-state index in [-0.39, 0.29) is 29.9 Å². The average molecular weight is 520 g/mol. The number of rotatable bonds is 4. The maximum absolute atomic E-state index is 13.0. The summed E-state index contributed by atoms with van der Waals surface area (Å²) in [6, 6.07) is 3.06. The second-order valence-electron chi connectivity index (χ2n) is 7.96. The Kier molecular flexibility index (Phi) is 5.37. The number of benzene rings is 2. The molecular formula is C23H22BrNO8. The fourth-order valence-electron chi connectivity index (χ4n) is 4.82. The van der Waals surface area contributed by atoms with Crippen molar-refractivity contribution in [1.82, 2.24) is 4.90 Å². The van der Waals surface area contributed by atoms with E-state index < -0.39 is 18.0 Å². The van der Waals surface area contributed by atoms with Crippen LogP contribution in [0.25, 0.3) is 0 Å². The van der Waals surface area contributed by atoms with Crippen LogP contribution in [0.5, 0.6) is 28.7 Å². The van der Waals surface area contributed by atoms with Crippen molar-refractivity contribution in [1.29, 1.82) is 0 Å². The van der Waals surface area contributed by atoms with Crippen LogP contribution in [0.2, 0.25) is 0 Å². The Morgan fingerprint density at radius 3 is 2.61 bits per heavy atom. The first-order valence-corrected chi connectivity index (χ1v) is 11.1. The molecule has 10 heteroatoms. The second-order valence-corrected chi connectivity index (χ2v) is 8.75. The molecule has 174 valence electrons. The molecule has 33 heavy (non-hydrogen) atoms. The van der Waals surface area contributed by atoms with Crippen molar-refractivity contribution in [2.24, 2.45) is 0 Å². The predicted molar refractivity (Wildman–Crippen MR) is 118 cm³/mol. The SMILES string of the molecule is COc1ccc2c(c1OC(C)=O)C(=O)O[C@@H]2[C@H]1c2c(c(Br)c3c(c2OC)OCO3)CCN1C. The summed E-state index contributed by atoms with van der Waals surface area (Å²) < 4.78 is 34.6. The number of halogens is 1. The Hall–Kier alpha value is -2.98. The molecule has 9 nitrogen and oxygen atoms in total. The molecule has 0 N–H and O–H groups in total. The Labute approximate surface area is 198 Å². The average Bonchev–Trinajstić information content (AvgIpc) is 3.39. The number of carbonyl (C=O) groups is 2.